The van der Waals surface area contributed by atoms with Crippen LogP contribution in [0, 0.1) is 0 Å². The number of nitrogens with two attached hydrogens (primary N) is 1. The highest BCUT2D eigenvalue weighted by Crippen LogP contribution is 2.40. The monoisotopic (exact) mass is 303 g/mol. The van der Waals surface area contributed by atoms with Gasteiger partial charge in [-0.3, -0.25) is 4.79 Å². The first-order valence-corrected chi connectivity index (χ1v) is 8.66. The first kappa shape index (κ1) is 14.1. The van der Waals surface area contributed by atoms with E-state index in [2.05, 4.69) is 10.6 Å². The molecule has 106 valence electrons. The Morgan fingerprint density at radius 1 is 1.42 bits per heavy atom. The number of nitrogen functional groups attached to an aromatic ring is 1. The Hall–Kier alpha value is -1.28. The minimum atomic E-state index is -3.47. The number of hydrogen-bond acceptors (Lipinski definition) is 6. The van der Waals surface area contributed by atoms with Crippen LogP contribution < -0.4 is 16.4 Å². The normalized spacial score (nSPS) is 15.9. The Labute approximate surface area is 116 Å². The topological polar surface area (TPSA) is 101 Å². The maximum atomic E-state index is 11.8. The maximum absolute atomic E-state index is 11.8. The van der Waals surface area contributed by atoms with Crippen molar-refractivity contribution in [2.75, 3.05) is 24.4 Å². The molecule has 1 aromatic rings. The van der Waals surface area contributed by atoms with Crippen molar-refractivity contribution in [1.82, 2.24) is 5.32 Å². The van der Waals surface area contributed by atoms with Crippen molar-refractivity contribution in [3.05, 3.63) is 4.88 Å². The molecule has 1 saturated carbocycles. The van der Waals surface area contributed by atoms with Crippen molar-refractivity contribution >= 4 is 37.8 Å². The van der Waals surface area contributed by atoms with Crippen molar-refractivity contribution in [3.8, 4) is 0 Å². The first-order valence-electron chi connectivity index (χ1n) is 5.95. The third kappa shape index (κ3) is 2.69. The molecule has 2 rings (SSSR count). The molecule has 1 aromatic heterocycles. The Kier molecular flexibility index (Phi) is 3.73. The number of anilines is 2. The molecule has 1 aliphatic carbocycles. The van der Waals surface area contributed by atoms with Crippen LogP contribution in [0.2, 0.25) is 0 Å². The van der Waals surface area contributed by atoms with Crippen LogP contribution in [0.1, 0.15) is 28.9 Å². The second kappa shape index (κ2) is 5.01. The Balaban J connectivity index is 2.47. The lowest BCUT2D eigenvalue weighted by Gasteiger charge is -2.27. The molecule has 1 heterocycles. The third-order valence-electron chi connectivity index (χ3n) is 3.14. The van der Waals surface area contributed by atoms with Crippen LogP contribution in [0.15, 0.2) is 4.90 Å². The zero-order valence-electron chi connectivity index (χ0n) is 10.8. The molecule has 6 nitrogen and oxygen atoms in total. The van der Waals surface area contributed by atoms with Crippen molar-refractivity contribution in [1.29, 1.82) is 0 Å². The molecule has 0 bridgehead atoms. The standard InChI is InChI=1S/C11H17N3O3S2/c1-13-10(15)8-7(12)9(19(2,16)17)11(18-8)14-6-4-3-5-6/h6,14H,3-5,12H2,1-2H3,(H,13,15). The quantitative estimate of drug-likeness (QED) is 0.772. The number of amides is 1. The van der Waals surface area contributed by atoms with Crippen LogP contribution in [-0.2, 0) is 9.84 Å². The van der Waals surface area contributed by atoms with Crippen molar-refractivity contribution in [2.24, 2.45) is 0 Å². The number of carbonyl (C=O) groups is 1. The first-order chi connectivity index (χ1) is 8.84. The highest BCUT2D eigenvalue weighted by Gasteiger charge is 2.29. The average molecular weight is 303 g/mol. The Bertz CT molecular complexity index is 603. The SMILES string of the molecule is CNC(=O)c1sc(NC2CCC2)c(S(C)(=O)=O)c1N. The van der Waals surface area contributed by atoms with Crippen molar-refractivity contribution in [3.63, 3.8) is 0 Å². The van der Waals surface area contributed by atoms with E-state index >= 15 is 0 Å². The molecule has 19 heavy (non-hydrogen) atoms. The van der Waals surface area contributed by atoms with Crippen LogP contribution >= 0.6 is 11.3 Å². The third-order valence-corrected chi connectivity index (χ3v) is 5.57. The van der Waals surface area contributed by atoms with Gasteiger partial charge in [-0.05, 0) is 19.3 Å². The predicted molar refractivity (Wildman–Crippen MR) is 76.5 cm³/mol. The molecule has 4 N–H and O–H groups in total. The molecule has 0 unspecified atom stereocenters. The maximum Gasteiger partial charge on any atom is 0.263 e. The van der Waals surface area contributed by atoms with Gasteiger partial charge in [0, 0.05) is 19.3 Å². The van der Waals surface area contributed by atoms with Crippen LogP contribution in [0.5, 0.6) is 0 Å². The van der Waals surface area contributed by atoms with Crippen molar-refractivity contribution < 1.29 is 13.2 Å². The summed E-state index contributed by atoms with van der Waals surface area (Å²) >= 11 is 1.10. The van der Waals surface area contributed by atoms with E-state index in [-0.39, 0.29) is 27.4 Å². The van der Waals surface area contributed by atoms with Gasteiger partial charge in [0.15, 0.2) is 9.84 Å². The van der Waals surface area contributed by atoms with E-state index in [1.54, 1.807) is 0 Å². The molecular formula is C11H17N3O3S2. The van der Waals surface area contributed by atoms with Gasteiger partial charge < -0.3 is 16.4 Å². The summed E-state index contributed by atoms with van der Waals surface area (Å²) in [6.07, 6.45) is 4.26. The van der Waals surface area contributed by atoms with Crippen LogP contribution in [0.3, 0.4) is 0 Å². The highest BCUT2D eigenvalue weighted by atomic mass is 32.2. The van der Waals surface area contributed by atoms with Gasteiger partial charge in [-0.25, -0.2) is 8.42 Å². The van der Waals surface area contributed by atoms with E-state index in [1.807, 2.05) is 0 Å². The van der Waals surface area contributed by atoms with E-state index in [9.17, 15) is 13.2 Å². The molecular weight excluding hydrogens is 286 g/mol. The summed E-state index contributed by atoms with van der Waals surface area (Å²) in [6.45, 7) is 0. The number of hydrogen-bond donors (Lipinski definition) is 3. The van der Waals surface area contributed by atoms with Gasteiger partial charge >= 0.3 is 0 Å². The van der Waals surface area contributed by atoms with Gasteiger partial charge in [-0.1, -0.05) is 0 Å². The van der Waals surface area contributed by atoms with Crippen LogP contribution in [0.4, 0.5) is 10.7 Å². The lowest BCUT2D eigenvalue weighted by atomic mass is 9.93. The molecule has 0 saturated heterocycles. The largest absolute Gasteiger partial charge is 0.396 e. The molecule has 1 amide bonds. The van der Waals surface area contributed by atoms with Crippen molar-refractivity contribution in [2.45, 2.75) is 30.2 Å². The van der Waals surface area contributed by atoms with Gasteiger partial charge in [-0.2, -0.15) is 0 Å². The second-order valence-electron chi connectivity index (χ2n) is 4.63. The van der Waals surface area contributed by atoms with E-state index in [0.717, 1.165) is 36.9 Å². The molecule has 8 heteroatoms. The zero-order valence-corrected chi connectivity index (χ0v) is 12.5. The summed E-state index contributed by atoms with van der Waals surface area (Å²) in [6, 6.07) is 0.274. The van der Waals surface area contributed by atoms with Crippen LogP contribution in [0.25, 0.3) is 0 Å². The zero-order chi connectivity index (χ0) is 14.2. The van der Waals surface area contributed by atoms with E-state index in [1.165, 1.54) is 7.05 Å². The molecule has 0 aromatic carbocycles. The van der Waals surface area contributed by atoms with E-state index in [0.29, 0.717) is 5.00 Å². The highest BCUT2D eigenvalue weighted by molar-refractivity contribution is 7.91. The summed E-state index contributed by atoms with van der Waals surface area (Å²) in [5.41, 5.74) is 5.87. The fourth-order valence-electron chi connectivity index (χ4n) is 1.91. The number of carbonyl (C=O) groups excluding carboxylic acids is 1. The fraction of sp³-hybridized carbons (Fsp3) is 0.545. The lowest BCUT2D eigenvalue weighted by molar-refractivity contribution is 0.0968. The van der Waals surface area contributed by atoms with Gasteiger partial charge in [0.05, 0.1) is 5.69 Å². The molecule has 0 atom stereocenters. The van der Waals surface area contributed by atoms with Gasteiger partial charge in [0.25, 0.3) is 5.91 Å². The van der Waals surface area contributed by atoms with Crippen LogP contribution in [-0.4, -0.2) is 33.7 Å². The number of thiophene rings is 1. The minimum absolute atomic E-state index is 0.0358. The predicted octanol–water partition coefficient (Wildman–Crippen LogP) is 1.06. The summed E-state index contributed by atoms with van der Waals surface area (Å²) in [5.74, 6) is -0.367. The smallest absolute Gasteiger partial charge is 0.263 e. The second-order valence-corrected chi connectivity index (χ2v) is 7.60. The number of rotatable bonds is 4. The summed E-state index contributed by atoms with van der Waals surface area (Å²) in [4.78, 5) is 12.0. The van der Waals surface area contributed by atoms with Gasteiger partial charge in [-0.15, -0.1) is 11.3 Å². The van der Waals surface area contributed by atoms with E-state index in [4.69, 9.17) is 5.73 Å². The number of sulfone groups is 1. The molecule has 1 aliphatic rings. The molecule has 0 spiro atoms. The Morgan fingerprint density at radius 2 is 2.05 bits per heavy atom. The van der Waals surface area contributed by atoms with Gasteiger partial charge in [0.2, 0.25) is 0 Å². The fourth-order valence-corrected chi connectivity index (χ4v) is 4.49. The van der Waals surface area contributed by atoms with E-state index < -0.39 is 9.84 Å². The summed E-state index contributed by atoms with van der Waals surface area (Å²) in [5, 5.41) is 6.11. The summed E-state index contributed by atoms with van der Waals surface area (Å²) < 4.78 is 23.7. The number of nitrogens with one attached hydrogen (secondary N) is 2. The molecule has 1 fully saturated rings. The molecule has 0 radical (unpaired) electrons. The lowest BCUT2D eigenvalue weighted by Crippen LogP contribution is -2.27. The average Bonchev–Trinajstić information content (AvgIpc) is 2.59. The molecule has 0 aliphatic heterocycles. The summed E-state index contributed by atoms with van der Waals surface area (Å²) in [7, 11) is -1.99. The Morgan fingerprint density at radius 3 is 2.47 bits per heavy atom. The van der Waals surface area contributed by atoms with Gasteiger partial charge in [0.1, 0.15) is 14.8 Å². The minimum Gasteiger partial charge on any atom is -0.396 e.